The maximum absolute atomic E-state index is 12.3. The number of aromatic amines is 1. The van der Waals surface area contributed by atoms with Crippen LogP contribution in [0, 0.1) is 6.92 Å². The molecule has 146 valence electrons. The highest BCUT2D eigenvalue weighted by molar-refractivity contribution is 5.92. The van der Waals surface area contributed by atoms with Gasteiger partial charge in [0, 0.05) is 31.5 Å². The van der Waals surface area contributed by atoms with E-state index < -0.39 is 0 Å². The zero-order valence-electron chi connectivity index (χ0n) is 15.5. The van der Waals surface area contributed by atoms with Gasteiger partial charge >= 0.3 is 0 Å². The van der Waals surface area contributed by atoms with Crippen LogP contribution in [0.15, 0.2) is 35.0 Å². The van der Waals surface area contributed by atoms with E-state index in [1.54, 1.807) is 12.3 Å². The molecular formula is C19H21N5O4. The third-order valence-corrected chi connectivity index (χ3v) is 4.61. The van der Waals surface area contributed by atoms with Gasteiger partial charge in [-0.1, -0.05) is 11.2 Å². The highest BCUT2D eigenvalue weighted by atomic mass is 16.5. The molecule has 4 heterocycles. The number of hydrogen-bond acceptors (Lipinski definition) is 7. The van der Waals surface area contributed by atoms with E-state index in [1.165, 1.54) is 0 Å². The maximum atomic E-state index is 12.3. The Hall–Kier alpha value is -3.20. The molecule has 0 aliphatic carbocycles. The van der Waals surface area contributed by atoms with Crippen LogP contribution >= 0.6 is 0 Å². The Kier molecular flexibility index (Phi) is 5.34. The van der Waals surface area contributed by atoms with Crippen LogP contribution in [-0.4, -0.2) is 45.5 Å². The fourth-order valence-electron chi connectivity index (χ4n) is 3.01. The van der Waals surface area contributed by atoms with Gasteiger partial charge < -0.3 is 19.3 Å². The fourth-order valence-corrected chi connectivity index (χ4v) is 3.01. The second-order valence-corrected chi connectivity index (χ2v) is 6.55. The molecule has 0 spiro atoms. The van der Waals surface area contributed by atoms with Gasteiger partial charge in [0.25, 0.3) is 5.91 Å². The van der Waals surface area contributed by atoms with Crippen molar-refractivity contribution in [3.05, 3.63) is 47.5 Å². The topological polar surface area (TPSA) is 115 Å². The Morgan fingerprint density at radius 2 is 2.21 bits per heavy atom. The van der Waals surface area contributed by atoms with Gasteiger partial charge in [0.05, 0.1) is 11.3 Å². The molecule has 4 rings (SSSR count). The van der Waals surface area contributed by atoms with Crippen LogP contribution in [0.2, 0.25) is 0 Å². The van der Waals surface area contributed by atoms with Crippen LogP contribution in [0.5, 0.6) is 5.88 Å². The zero-order chi connectivity index (χ0) is 19.3. The summed E-state index contributed by atoms with van der Waals surface area (Å²) in [4.78, 5) is 16.6. The van der Waals surface area contributed by atoms with Crippen LogP contribution < -0.4 is 10.1 Å². The van der Waals surface area contributed by atoms with Crippen LogP contribution in [0.25, 0.3) is 11.4 Å². The Morgan fingerprint density at radius 3 is 3.00 bits per heavy atom. The number of aryl methyl sites for hydroxylation is 1. The lowest BCUT2D eigenvalue weighted by molar-refractivity contribution is 0.0694. The maximum Gasteiger partial charge on any atom is 0.269 e. The summed E-state index contributed by atoms with van der Waals surface area (Å²) in [6.45, 7) is 3.35. The number of amides is 1. The third kappa shape index (κ3) is 4.04. The van der Waals surface area contributed by atoms with E-state index in [4.69, 9.17) is 14.0 Å². The van der Waals surface area contributed by atoms with Crippen molar-refractivity contribution >= 4 is 5.91 Å². The van der Waals surface area contributed by atoms with E-state index in [2.05, 4.69) is 25.7 Å². The summed E-state index contributed by atoms with van der Waals surface area (Å²) >= 11 is 0. The van der Waals surface area contributed by atoms with Gasteiger partial charge in [0.2, 0.25) is 5.88 Å². The van der Waals surface area contributed by atoms with Gasteiger partial charge in [0.1, 0.15) is 23.8 Å². The van der Waals surface area contributed by atoms with Crippen molar-refractivity contribution < 1.29 is 18.8 Å². The summed E-state index contributed by atoms with van der Waals surface area (Å²) in [7, 11) is 0. The Labute approximate surface area is 161 Å². The standard InChI is InChI=1S/C19H21N5O4/c1-12-14(18(24-28-12)15-4-2-3-7-20-15)11-27-17-10-16(22-23-17)19(25)21-13-5-8-26-9-6-13/h2-4,7,10,13H,5-6,8-9,11H2,1H3,(H,21,25)(H,22,23). The number of H-pyrrole nitrogens is 1. The number of rotatable bonds is 6. The lowest BCUT2D eigenvalue weighted by Gasteiger charge is -2.22. The molecule has 1 aliphatic heterocycles. The van der Waals surface area contributed by atoms with E-state index >= 15 is 0 Å². The highest BCUT2D eigenvalue weighted by Crippen LogP contribution is 2.24. The van der Waals surface area contributed by atoms with Gasteiger partial charge in [-0.05, 0) is 31.9 Å². The molecule has 1 amide bonds. The van der Waals surface area contributed by atoms with Crippen LogP contribution in [-0.2, 0) is 11.3 Å². The Bertz CT molecular complexity index is 931. The first-order valence-corrected chi connectivity index (χ1v) is 9.14. The van der Waals surface area contributed by atoms with Gasteiger partial charge in [-0.2, -0.15) is 0 Å². The Balaban J connectivity index is 1.40. The predicted octanol–water partition coefficient (Wildman–Crippen LogP) is 2.26. The van der Waals surface area contributed by atoms with E-state index in [0.717, 1.165) is 18.4 Å². The second kappa shape index (κ2) is 8.22. The molecule has 0 radical (unpaired) electrons. The summed E-state index contributed by atoms with van der Waals surface area (Å²) in [5.41, 5.74) is 2.48. The molecule has 3 aromatic rings. The smallest absolute Gasteiger partial charge is 0.269 e. The molecule has 0 unspecified atom stereocenters. The molecule has 1 saturated heterocycles. The number of hydrogen-bond donors (Lipinski definition) is 2. The minimum absolute atomic E-state index is 0.120. The summed E-state index contributed by atoms with van der Waals surface area (Å²) in [6, 6.07) is 7.28. The molecule has 0 atom stereocenters. The largest absolute Gasteiger partial charge is 0.472 e. The van der Waals surface area contributed by atoms with Crippen molar-refractivity contribution in [3.8, 4) is 17.3 Å². The monoisotopic (exact) mass is 383 g/mol. The van der Waals surface area contributed by atoms with Crippen molar-refractivity contribution in [1.29, 1.82) is 0 Å². The minimum Gasteiger partial charge on any atom is -0.472 e. The molecule has 0 bridgehead atoms. The summed E-state index contributed by atoms with van der Waals surface area (Å²) in [5.74, 6) is 0.767. The van der Waals surface area contributed by atoms with Crippen LogP contribution in [0.1, 0.15) is 34.7 Å². The average molecular weight is 383 g/mol. The van der Waals surface area contributed by atoms with E-state index in [0.29, 0.717) is 41.9 Å². The quantitative estimate of drug-likeness (QED) is 0.671. The first-order valence-electron chi connectivity index (χ1n) is 9.14. The van der Waals surface area contributed by atoms with Gasteiger partial charge in [-0.3, -0.25) is 14.9 Å². The number of carbonyl (C=O) groups excluding carboxylic acids is 1. The number of nitrogens with one attached hydrogen (secondary N) is 2. The molecular weight excluding hydrogens is 362 g/mol. The van der Waals surface area contributed by atoms with Crippen molar-refractivity contribution in [1.82, 2.24) is 25.7 Å². The van der Waals surface area contributed by atoms with Crippen molar-refractivity contribution in [2.75, 3.05) is 13.2 Å². The highest BCUT2D eigenvalue weighted by Gasteiger charge is 2.20. The molecule has 1 fully saturated rings. The molecule has 2 N–H and O–H groups in total. The first-order chi connectivity index (χ1) is 13.7. The predicted molar refractivity (Wildman–Crippen MR) is 98.7 cm³/mol. The lowest BCUT2D eigenvalue weighted by Crippen LogP contribution is -2.39. The second-order valence-electron chi connectivity index (χ2n) is 6.55. The summed E-state index contributed by atoms with van der Waals surface area (Å²) < 4.78 is 16.3. The SMILES string of the molecule is Cc1onc(-c2ccccn2)c1COc1cc(C(=O)NC2CCOCC2)[nH]n1. The zero-order valence-corrected chi connectivity index (χ0v) is 15.5. The molecule has 9 heteroatoms. The molecule has 9 nitrogen and oxygen atoms in total. The number of pyridine rings is 1. The van der Waals surface area contributed by atoms with Crippen LogP contribution in [0.3, 0.4) is 0 Å². The molecule has 28 heavy (non-hydrogen) atoms. The van der Waals surface area contributed by atoms with Gasteiger partial charge in [-0.15, -0.1) is 5.10 Å². The molecule has 0 aromatic carbocycles. The number of nitrogens with zero attached hydrogens (tertiary/aromatic N) is 3. The summed E-state index contributed by atoms with van der Waals surface area (Å²) in [5, 5.41) is 13.8. The van der Waals surface area contributed by atoms with Crippen LogP contribution in [0.4, 0.5) is 0 Å². The van der Waals surface area contributed by atoms with E-state index in [9.17, 15) is 4.79 Å². The van der Waals surface area contributed by atoms with Crippen molar-refractivity contribution in [3.63, 3.8) is 0 Å². The first kappa shape index (κ1) is 18.2. The molecule has 1 aliphatic rings. The molecule has 3 aromatic heterocycles. The number of carbonyl (C=O) groups is 1. The van der Waals surface area contributed by atoms with Crippen molar-refractivity contribution in [2.24, 2.45) is 0 Å². The third-order valence-electron chi connectivity index (χ3n) is 4.61. The number of aromatic nitrogens is 4. The minimum atomic E-state index is -0.204. The van der Waals surface area contributed by atoms with Gasteiger partial charge in [-0.25, -0.2) is 0 Å². The van der Waals surface area contributed by atoms with E-state index in [-0.39, 0.29) is 18.6 Å². The van der Waals surface area contributed by atoms with E-state index in [1.807, 2.05) is 25.1 Å². The lowest BCUT2D eigenvalue weighted by atomic mass is 10.1. The normalized spacial score (nSPS) is 14.8. The average Bonchev–Trinajstić information content (AvgIpc) is 3.34. The number of ether oxygens (including phenoxy) is 2. The van der Waals surface area contributed by atoms with Crippen molar-refractivity contribution in [2.45, 2.75) is 32.4 Å². The fraction of sp³-hybridized carbons (Fsp3) is 0.368. The summed E-state index contributed by atoms with van der Waals surface area (Å²) in [6.07, 6.45) is 3.32. The van der Waals surface area contributed by atoms with Gasteiger partial charge in [0.15, 0.2) is 0 Å². The molecule has 0 saturated carbocycles. The Morgan fingerprint density at radius 1 is 1.36 bits per heavy atom.